The van der Waals surface area contributed by atoms with Gasteiger partial charge >= 0.3 is 0 Å². The fourth-order valence-electron chi connectivity index (χ4n) is 3.69. The van der Waals surface area contributed by atoms with Crippen LogP contribution in [0.15, 0.2) is 48.5 Å². The summed E-state index contributed by atoms with van der Waals surface area (Å²) in [5.41, 5.74) is 4.11. The lowest BCUT2D eigenvalue weighted by Gasteiger charge is -2.32. The van der Waals surface area contributed by atoms with Gasteiger partial charge in [0, 0.05) is 24.0 Å². The third-order valence-electron chi connectivity index (χ3n) is 5.16. The molecule has 1 fully saturated rings. The van der Waals surface area contributed by atoms with E-state index in [0.29, 0.717) is 17.4 Å². The number of phenolic OH excluding ortho intramolecular Hbond substituents is 1. The second-order valence-electron chi connectivity index (χ2n) is 6.93. The van der Waals surface area contributed by atoms with E-state index in [-0.39, 0.29) is 5.91 Å². The van der Waals surface area contributed by atoms with E-state index in [1.807, 2.05) is 23.1 Å². The van der Waals surface area contributed by atoms with Crippen molar-refractivity contribution in [1.29, 1.82) is 0 Å². The molecule has 1 amide bonds. The molecule has 0 bridgehead atoms. The summed E-state index contributed by atoms with van der Waals surface area (Å²) < 4.78 is 0. The molecule has 4 rings (SSSR count). The molecule has 1 saturated heterocycles. The molecule has 0 radical (unpaired) electrons. The van der Waals surface area contributed by atoms with Gasteiger partial charge in [-0.25, -0.2) is 0 Å². The van der Waals surface area contributed by atoms with Crippen molar-refractivity contribution in [3.05, 3.63) is 65.4 Å². The third-order valence-corrected chi connectivity index (χ3v) is 5.16. The number of hydrogen-bond donors (Lipinski definition) is 2. The molecule has 0 aliphatic carbocycles. The number of H-pyrrole nitrogens is 1. The molecule has 1 aliphatic heterocycles. The molecule has 0 saturated carbocycles. The zero-order valence-corrected chi connectivity index (χ0v) is 14.3. The van der Waals surface area contributed by atoms with Crippen molar-refractivity contribution in [1.82, 2.24) is 9.88 Å². The molecule has 0 spiro atoms. The number of likely N-dealkylation sites (tertiary alicyclic amines) is 1. The number of hydrogen-bond acceptors (Lipinski definition) is 2. The number of piperidine rings is 1. The molecule has 3 aromatic rings. The van der Waals surface area contributed by atoms with Gasteiger partial charge in [-0.2, -0.15) is 0 Å². The SMILES string of the molecule is Cc1ccc2cc(C(=O)N3CCC(c4ccc(O)cc4)CC3)[nH]c2c1. The highest BCUT2D eigenvalue weighted by atomic mass is 16.3. The molecular weight excluding hydrogens is 312 g/mol. The largest absolute Gasteiger partial charge is 0.508 e. The number of nitrogens with one attached hydrogen (secondary N) is 1. The molecule has 25 heavy (non-hydrogen) atoms. The van der Waals surface area contributed by atoms with Crippen molar-refractivity contribution in [2.75, 3.05) is 13.1 Å². The van der Waals surface area contributed by atoms with E-state index in [1.165, 1.54) is 11.1 Å². The van der Waals surface area contributed by atoms with Gasteiger partial charge in [0.1, 0.15) is 11.4 Å². The zero-order valence-electron chi connectivity index (χ0n) is 14.3. The minimum atomic E-state index is 0.0815. The Kier molecular flexibility index (Phi) is 3.96. The van der Waals surface area contributed by atoms with Crippen LogP contribution in [0.3, 0.4) is 0 Å². The highest BCUT2D eigenvalue weighted by Crippen LogP contribution is 2.30. The summed E-state index contributed by atoms with van der Waals surface area (Å²) in [5.74, 6) is 0.832. The normalized spacial score (nSPS) is 15.6. The van der Waals surface area contributed by atoms with Gasteiger partial charge in [0.05, 0.1) is 0 Å². The number of benzene rings is 2. The van der Waals surface area contributed by atoms with Gasteiger partial charge in [0.25, 0.3) is 5.91 Å². The van der Waals surface area contributed by atoms with Crippen LogP contribution >= 0.6 is 0 Å². The van der Waals surface area contributed by atoms with Crippen LogP contribution in [-0.4, -0.2) is 34.0 Å². The summed E-state index contributed by atoms with van der Waals surface area (Å²) in [7, 11) is 0. The van der Waals surface area contributed by atoms with E-state index in [0.717, 1.165) is 36.8 Å². The summed E-state index contributed by atoms with van der Waals surface area (Å²) in [6.45, 7) is 3.58. The van der Waals surface area contributed by atoms with Crippen molar-refractivity contribution < 1.29 is 9.90 Å². The second kappa shape index (κ2) is 6.28. The number of rotatable bonds is 2. The molecule has 1 aliphatic rings. The Balaban J connectivity index is 1.46. The van der Waals surface area contributed by atoms with Crippen molar-refractivity contribution in [3.63, 3.8) is 0 Å². The van der Waals surface area contributed by atoms with Crippen LogP contribution in [0.1, 0.15) is 40.4 Å². The monoisotopic (exact) mass is 334 g/mol. The Bertz CT molecular complexity index is 903. The van der Waals surface area contributed by atoms with Crippen LogP contribution in [0.2, 0.25) is 0 Å². The quantitative estimate of drug-likeness (QED) is 0.738. The molecule has 4 heteroatoms. The van der Waals surface area contributed by atoms with Gasteiger partial charge in [-0.1, -0.05) is 24.3 Å². The average molecular weight is 334 g/mol. The summed E-state index contributed by atoms with van der Waals surface area (Å²) in [4.78, 5) is 18.0. The lowest BCUT2D eigenvalue weighted by molar-refractivity contribution is 0.0708. The Morgan fingerprint density at radius 2 is 1.80 bits per heavy atom. The number of amides is 1. The lowest BCUT2D eigenvalue weighted by atomic mass is 9.89. The summed E-state index contributed by atoms with van der Waals surface area (Å²) >= 11 is 0. The maximum atomic E-state index is 12.8. The number of aryl methyl sites for hydroxylation is 1. The van der Waals surface area contributed by atoms with E-state index in [2.05, 4.69) is 30.1 Å². The predicted molar refractivity (Wildman–Crippen MR) is 99.0 cm³/mol. The van der Waals surface area contributed by atoms with Gasteiger partial charge < -0.3 is 15.0 Å². The number of aromatic amines is 1. The first kappa shape index (κ1) is 15.8. The van der Waals surface area contributed by atoms with Crippen LogP contribution in [0.25, 0.3) is 10.9 Å². The Hall–Kier alpha value is -2.75. The Morgan fingerprint density at radius 1 is 1.08 bits per heavy atom. The molecular formula is C21H22N2O2. The number of nitrogens with zero attached hydrogens (tertiary/aromatic N) is 1. The number of carbonyl (C=O) groups excluding carboxylic acids is 1. The maximum absolute atomic E-state index is 12.8. The molecule has 0 atom stereocenters. The van der Waals surface area contributed by atoms with E-state index in [4.69, 9.17) is 0 Å². The van der Waals surface area contributed by atoms with Crippen LogP contribution < -0.4 is 0 Å². The summed E-state index contributed by atoms with van der Waals surface area (Å²) in [6.07, 6.45) is 1.91. The van der Waals surface area contributed by atoms with E-state index < -0.39 is 0 Å². The number of aromatic nitrogens is 1. The van der Waals surface area contributed by atoms with Gasteiger partial charge in [0.15, 0.2) is 0 Å². The van der Waals surface area contributed by atoms with Gasteiger partial charge in [-0.05, 0) is 61.1 Å². The molecule has 2 heterocycles. The number of aromatic hydroxyl groups is 1. The van der Waals surface area contributed by atoms with Crippen molar-refractivity contribution >= 4 is 16.8 Å². The highest BCUT2D eigenvalue weighted by molar-refractivity contribution is 5.98. The third kappa shape index (κ3) is 3.12. The molecule has 2 aromatic carbocycles. The Morgan fingerprint density at radius 3 is 2.52 bits per heavy atom. The van der Waals surface area contributed by atoms with Crippen LogP contribution in [-0.2, 0) is 0 Å². The molecule has 4 nitrogen and oxygen atoms in total. The standard InChI is InChI=1S/C21H22N2O2/c1-14-2-3-17-13-20(22-19(17)12-14)21(25)23-10-8-16(9-11-23)15-4-6-18(24)7-5-15/h2-7,12-13,16,22,24H,8-11H2,1H3. The van der Waals surface area contributed by atoms with Crippen LogP contribution in [0, 0.1) is 6.92 Å². The first-order valence-corrected chi connectivity index (χ1v) is 8.78. The lowest BCUT2D eigenvalue weighted by Crippen LogP contribution is -2.38. The fourth-order valence-corrected chi connectivity index (χ4v) is 3.69. The number of phenols is 1. The minimum Gasteiger partial charge on any atom is -0.508 e. The summed E-state index contributed by atoms with van der Waals surface area (Å²) in [5, 5.41) is 10.5. The molecule has 1 aromatic heterocycles. The smallest absolute Gasteiger partial charge is 0.270 e. The topological polar surface area (TPSA) is 56.3 Å². The first-order valence-electron chi connectivity index (χ1n) is 8.78. The fraction of sp³-hybridized carbons (Fsp3) is 0.286. The van der Waals surface area contributed by atoms with Crippen LogP contribution in [0.4, 0.5) is 0 Å². The van der Waals surface area contributed by atoms with Crippen molar-refractivity contribution in [2.24, 2.45) is 0 Å². The highest BCUT2D eigenvalue weighted by Gasteiger charge is 2.25. The van der Waals surface area contributed by atoms with Crippen LogP contribution in [0.5, 0.6) is 5.75 Å². The minimum absolute atomic E-state index is 0.0815. The van der Waals surface area contributed by atoms with E-state index in [9.17, 15) is 9.90 Å². The Labute approximate surface area is 147 Å². The van der Waals surface area contributed by atoms with Crippen molar-refractivity contribution in [3.8, 4) is 5.75 Å². The van der Waals surface area contributed by atoms with Gasteiger partial charge in [0.2, 0.25) is 0 Å². The van der Waals surface area contributed by atoms with Gasteiger partial charge in [-0.15, -0.1) is 0 Å². The number of carbonyl (C=O) groups is 1. The van der Waals surface area contributed by atoms with E-state index >= 15 is 0 Å². The zero-order chi connectivity index (χ0) is 17.4. The maximum Gasteiger partial charge on any atom is 0.270 e. The second-order valence-corrected chi connectivity index (χ2v) is 6.93. The summed E-state index contributed by atoms with van der Waals surface area (Å²) in [6, 6.07) is 15.6. The van der Waals surface area contributed by atoms with E-state index in [1.54, 1.807) is 12.1 Å². The first-order chi connectivity index (χ1) is 12.1. The van der Waals surface area contributed by atoms with Gasteiger partial charge in [-0.3, -0.25) is 4.79 Å². The average Bonchev–Trinajstić information content (AvgIpc) is 3.05. The predicted octanol–water partition coefficient (Wildman–Crippen LogP) is 4.20. The van der Waals surface area contributed by atoms with Crippen molar-refractivity contribution in [2.45, 2.75) is 25.7 Å². The number of fused-ring (bicyclic) bond motifs is 1. The molecule has 128 valence electrons. The molecule has 0 unspecified atom stereocenters. The molecule has 2 N–H and O–H groups in total.